The van der Waals surface area contributed by atoms with Crippen molar-refractivity contribution in [3.63, 3.8) is 0 Å². The van der Waals surface area contributed by atoms with Crippen LogP contribution < -0.4 is 0 Å². The topological polar surface area (TPSA) is 33.2 Å². The highest BCUT2D eigenvalue weighted by molar-refractivity contribution is 7.99. The summed E-state index contributed by atoms with van der Waals surface area (Å²) in [5.41, 5.74) is 3.63. The van der Waals surface area contributed by atoms with Gasteiger partial charge in [0, 0.05) is 24.1 Å². The highest BCUT2D eigenvalue weighted by Gasteiger charge is 2.25. The van der Waals surface area contributed by atoms with Crippen molar-refractivity contribution >= 4 is 29.0 Å². The molecular formula is C18H22N2OS2. The zero-order chi connectivity index (χ0) is 16.4. The summed E-state index contributed by atoms with van der Waals surface area (Å²) in [7, 11) is 0. The third-order valence-corrected chi connectivity index (χ3v) is 6.63. The van der Waals surface area contributed by atoms with Crippen molar-refractivity contribution in [2.75, 3.05) is 18.8 Å². The maximum atomic E-state index is 12.8. The molecule has 0 aliphatic carbocycles. The minimum absolute atomic E-state index is 0.152. The van der Waals surface area contributed by atoms with Gasteiger partial charge in [0.1, 0.15) is 4.88 Å². The van der Waals surface area contributed by atoms with Crippen molar-refractivity contribution in [2.24, 2.45) is 0 Å². The summed E-state index contributed by atoms with van der Waals surface area (Å²) in [5, 5.41) is 1.45. The van der Waals surface area contributed by atoms with Crippen LogP contribution in [0.15, 0.2) is 24.3 Å². The second-order valence-corrected chi connectivity index (χ2v) is 8.46. The average molecular weight is 347 g/mol. The monoisotopic (exact) mass is 346 g/mol. The van der Waals surface area contributed by atoms with E-state index in [0.717, 1.165) is 40.8 Å². The molecule has 2 aromatic rings. The van der Waals surface area contributed by atoms with Gasteiger partial charge in [0.25, 0.3) is 5.91 Å². The molecule has 1 fully saturated rings. The Bertz CT molecular complexity index is 711. The molecule has 1 saturated heterocycles. The normalized spacial score (nSPS) is 18.7. The van der Waals surface area contributed by atoms with E-state index < -0.39 is 0 Å². The largest absolute Gasteiger partial charge is 0.337 e. The molecule has 1 amide bonds. The fraction of sp³-hybridized carbons (Fsp3) is 0.444. The van der Waals surface area contributed by atoms with Crippen LogP contribution in [0, 0.1) is 20.8 Å². The highest BCUT2D eigenvalue weighted by atomic mass is 32.2. The van der Waals surface area contributed by atoms with Gasteiger partial charge in [0.05, 0.1) is 10.7 Å². The van der Waals surface area contributed by atoms with E-state index in [2.05, 4.69) is 36.2 Å². The van der Waals surface area contributed by atoms with E-state index in [-0.39, 0.29) is 5.91 Å². The lowest BCUT2D eigenvalue weighted by Gasteiger charge is -2.20. The molecule has 0 N–H and O–H groups in total. The second-order valence-electron chi connectivity index (χ2n) is 5.94. The Morgan fingerprint density at radius 3 is 2.70 bits per heavy atom. The van der Waals surface area contributed by atoms with Crippen LogP contribution in [0.2, 0.25) is 0 Å². The Morgan fingerprint density at radius 2 is 2.00 bits per heavy atom. The molecule has 0 unspecified atom stereocenters. The van der Waals surface area contributed by atoms with Crippen molar-refractivity contribution < 1.29 is 4.79 Å². The first-order valence-corrected chi connectivity index (χ1v) is 9.83. The maximum Gasteiger partial charge on any atom is 0.265 e. The van der Waals surface area contributed by atoms with E-state index in [1.807, 2.05) is 30.5 Å². The molecule has 1 aliphatic heterocycles. The summed E-state index contributed by atoms with van der Waals surface area (Å²) in [4.78, 5) is 20.0. The average Bonchev–Trinajstić information content (AvgIpc) is 2.74. The van der Waals surface area contributed by atoms with Gasteiger partial charge < -0.3 is 4.90 Å². The number of rotatable bonds is 2. The standard InChI is InChI=1S/C18H22N2OS2/c1-12-6-4-5-7-15(12)16-8-9-20(10-11-22-16)18(21)17-13(2)19-14(3)23-17/h4-7,16H,8-11H2,1-3H3/t16-/m0/s1. The number of aromatic nitrogens is 1. The fourth-order valence-corrected chi connectivity index (χ4v) is 5.26. The number of benzene rings is 1. The Kier molecular flexibility index (Phi) is 5.07. The molecule has 5 heteroatoms. The van der Waals surface area contributed by atoms with Gasteiger partial charge in [-0.15, -0.1) is 11.3 Å². The molecule has 1 aromatic heterocycles. The smallest absolute Gasteiger partial charge is 0.265 e. The molecule has 3 nitrogen and oxygen atoms in total. The summed E-state index contributed by atoms with van der Waals surface area (Å²) in [6, 6.07) is 8.60. The molecule has 23 heavy (non-hydrogen) atoms. The minimum Gasteiger partial charge on any atom is -0.337 e. The lowest BCUT2D eigenvalue weighted by Crippen LogP contribution is -2.32. The molecule has 0 saturated carbocycles. The van der Waals surface area contributed by atoms with E-state index >= 15 is 0 Å². The van der Waals surface area contributed by atoms with Crippen molar-refractivity contribution in [3.8, 4) is 0 Å². The van der Waals surface area contributed by atoms with E-state index in [0.29, 0.717) is 5.25 Å². The van der Waals surface area contributed by atoms with Crippen LogP contribution in [0.4, 0.5) is 0 Å². The zero-order valence-corrected chi connectivity index (χ0v) is 15.5. The molecule has 122 valence electrons. The van der Waals surface area contributed by atoms with Crippen LogP contribution in [0.3, 0.4) is 0 Å². The number of carbonyl (C=O) groups excluding carboxylic acids is 1. The van der Waals surface area contributed by atoms with Crippen LogP contribution in [-0.2, 0) is 0 Å². The molecule has 1 aromatic carbocycles. The Morgan fingerprint density at radius 1 is 1.22 bits per heavy atom. The number of aryl methyl sites for hydroxylation is 3. The summed E-state index contributed by atoms with van der Waals surface area (Å²) < 4.78 is 0. The van der Waals surface area contributed by atoms with Gasteiger partial charge in [-0.25, -0.2) is 4.98 Å². The van der Waals surface area contributed by atoms with Crippen LogP contribution in [0.25, 0.3) is 0 Å². The molecule has 2 heterocycles. The van der Waals surface area contributed by atoms with E-state index in [9.17, 15) is 4.79 Å². The predicted molar refractivity (Wildman–Crippen MR) is 98.5 cm³/mol. The number of thioether (sulfide) groups is 1. The first kappa shape index (κ1) is 16.5. The number of hydrogen-bond acceptors (Lipinski definition) is 4. The summed E-state index contributed by atoms with van der Waals surface area (Å²) in [5.74, 6) is 1.14. The summed E-state index contributed by atoms with van der Waals surface area (Å²) in [6.07, 6.45) is 1.01. The summed E-state index contributed by atoms with van der Waals surface area (Å²) >= 11 is 3.48. The Balaban J connectivity index is 1.73. The zero-order valence-electron chi connectivity index (χ0n) is 13.8. The van der Waals surface area contributed by atoms with Gasteiger partial charge in [-0.1, -0.05) is 24.3 Å². The number of amides is 1. The lowest BCUT2D eigenvalue weighted by molar-refractivity contribution is 0.0770. The number of thiazole rings is 1. The third-order valence-electron chi connectivity index (χ3n) is 4.26. The predicted octanol–water partition coefficient (Wildman–Crippen LogP) is 4.39. The summed E-state index contributed by atoms with van der Waals surface area (Å²) in [6.45, 7) is 7.71. The van der Waals surface area contributed by atoms with Crippen LogP contribution in [0.5, 0.6) is 0 Å². The van der Waals surface area contributed by atoms with Crippen molar-refractivity contribution in [1.29, 1.82) is 0 Å². The van der Waals surface area contributed by atoms with Crippen LogP contribution in [-0.4, -0.2) is 34.6 Å². The molecule has 0 radical (unpaired) electrons. The van der Waals surface area contributed by atoms with Crippen LogP contribution >= 0.6 is 23.1 Å². The number of hydrogen-bond donors (Lipinski definition) is 0. The maximum absolute atomic E-state index is 12.8. The Hall–Kier alpha value is -1.33. The number of nitrogens with zero attached hydrogens (tertiary/aromatic N) is 2. The molecule has 1 aliphatic rings. The van der Waals surface area contributed by atoms with E-state index in [1.54, 1.807) is 0 Å². The first-order valence-electron chi connectivity index (χ1n) is 7.96. The highest BCUT2D eigenvalue weighted by Crippen LogP contribution is 2.36. The Labute approximate surface area is 146 Å². The van der Waals surface area contributed by atoms with Gasteiger partial charge in [0.15, 0.2) is 0 Å². The van der Waals surface area contributed by atoms with Crippen molar-refractivity contribution in [1.82, 2.24) is 9.88 Å². The van der Waals surface area contributed by atoms with E-state index in [1.165, 1.54) is 22.5 Å². The van der Waals surface area contributed by atoms with Crippen LogP contribution in [0.1, 0.15) is 43.2 Å². The van der Waals surface area contributed by atoms with Gasteiger partial charge in [-0.3, -0.25) is 4.79 Å². The molecule has 0 bridgehead atoms. The molecule has 1 atom stereocenters. The van der Waals surface area contributed by atoms with E-state index in [4.69, 9.17) is 0 Å². The minimum atomic E-state index is 0.152. The quantitative estimate of drug-likeness (QED) is 0.808. The first-order chi connectivity index (χ1) is 11.1. The fourth-order valence-electron chi connectivity index (χ4n) is 3.04. The lowest BCUT2D eigenvalue weighted by atomic mass is 10.0. The van der Waals surface area contributed by atoms with Gasteiger partial charge in [0.2, 0.25) is 0 Å². The molecule has 3 rings (SSSR count). The third kappa shape index (κ3) is 3.61. The SMILES string of the molecule is Cc1nc(C)c(C(=O)N2CCS[C@H](c3ccccc3C)CC2)s1. The molecule has 0 spiro atoms. The van der Waals surface area contributed by atoms with Gasteiger partial charge in [-0.05, 0) is 38.3 Å². The number of carbonyl (C=O) groups is 1. The second kappa shape index (κ2) is 7.05. The van der Waals surface area contributed by atoms with Crippen molar-refractivity contribution in [3.05, 3.63) is 51.0 Å². The van der Waals surface area contributed by atoms with Crippen molar-refractivity contribution in [2.45, 2.75) is 32.4 Å². The van der Waals surface area contributed by atoms with Gasteiger partial charge in [-0.2, -0.15) is 11.8 Å². The van der Waals surface area contributed by atoms with Gasteiger partial charge >= 0.3 is 0 Å². The molecular weight excluding hydrogens is 324 g/mol.